The van der Waals surface area contributed by atoms with Gasteiger partial charge in [-0.3, -0.25) is 0 Å². The minimum Gasteiger partial charge on any atom is -0.463 e. The minimum atomic E-state index is -0.467. The molecule has 1 aromatic rings. The van der Waals surface area contributed by atoms with E-state index in [1.165, 1.54) is 0 Å². The fraction of sp³-hybridized carbons (Fsp3) is 0.706. The second-order valence-electron chi connectivity index (χ2n) is 6.94. The summed E-state index contributed by atoms with van der Waals surface area (Å²) in [6, 6.07) is 2.38. The predicted octanol–water partition coefficient (Wildman–Crippen LogP) is 3.34. The van der Waals surface area contributed by atoms with Crippen LogP contribution >= 0.6 is 0 Å². The molecule has 6 heteroatoms. The van der Waals surface area contributed by atoms with Gasteiger partial charge in [0.2, 0.25) is 0 Å². The summed E-state index contributed by atoms with van der Waals surface area (Å²) in [5.41, 5.74) is 0.411. The lowest BCUT2D eigenvalue weighted by Crippen LogP contribution is -2.46. The van der Waals surface area contributed by atoms with E-state index in [4.69, 9.17) is 9.47 Å². The average Bonchev–Trinajstić information content (AvgIpc) is 2.46. The van der Waals surface area contributed by atoms with E-state index in [2.05, 4.69) is 9.97 Å². The number of hydrogen-bond acceptors (Lipinski definition) is 5. The maximum atomic E-state index is 12.3. The summed E-state index contributed by atoms with van der Waals surface area (Å²) in [7, 11) is 0. The van der Waals surface area contributed by atoms with Gasteiger partial charge >= 0.3 is 12.1 Å². The molecule has 1 atom stereocenters. The van der Waals surface area contributed by atoms with Crippen LogP contribution in [0.1, 0.15) is 52.1 Å². The van der Waals surface area contributed by atoms with Gasteiger partial charge in [-0.15, -0.1) is 0 Å². The maximum absolute atomic E-state index is 12.3. The van der Waals surface area contributed by atoms with Crippen molar-refractivity contribution in [3.05, 3.63) is 18.0 Å². The van der Waals surface area contributed by atoms with Crippen molar-refractivity contribution in [1.82, 2.24) is 14.9 Å². The van der Waals surface area contributed by atoms with Crippen LogP contribution in [-0.2, 0) is 4.74 Å². The van der Waals surface area contributed by atoms with E-state index in [9.17, 15) is 4.79 Å². The van der Waals surface area contributed by atoms with E-state index in [-0.39, 0.29) is 12.1 Å². The molecule has 2 heterocycles. The Morgan fingerprint density at radius 3 is 2.87 bits per heavy atom. The first-order valence-electron chi connectivity index (χ1n) is 8.27. The first-order valence-corrected chi connectivity index (χ1v) is 8.27. The number of ether oxygens (including phenoxy) is 2. The van der Waals surface area contributed by atoms with Crippen LogP contribution < -0.4 is 4.74 Å². The van der Waals surface area contributed by atoms with E-state index in [0.29, 0.717) is 12.6 Å². The first kappa shape index (κ1) is 17.5. The molecule has 1 fully saturated rings. The highest BCUT2D eigenvalue weighted by Crippen LogP contribution is 2.22. The summed E-state index contributed by atoms with van der Waals surface area (Å²) < 4.78 is 11.1. The van der Waals surface area contributed by atoms with Gasteiger partial charge in [0.25, 0.3) is 0 Å². The van der Waals surface area contributed by atoms with Crippen molar-refractivity contribution in [1.29, 1.82) is 0 Å². The van der Waals surface area contributed by atoms with Crippen LogP contribution in [0.25, 0.3) is 0 Å². The van der Waals surface area contributed by atoms with Gasteiger partial charge in [0.15, 0.2) is 0 Å². The van der Waals surface area contributed by atoms with Gasteiger partial charge in [-0.1, -0.05) is 0 Å². The van der Waals surface area contributed by atoms with Gasteiger partial charge in [-0.05, 0) is 53.0 Å². The molecular weight excluding hydrogens is 294 g/mol. The zero-order valence-corrected chi connectivity index (χ0v) is 14.5. The quantitative estimate of drug-likeness (QED) is 0.851. The number of carbonyl (C=O) groups excluding carboxylic acids is 1. The Bertz CT molecular complexity index is 528. The molecular formula is C17H27N3O3. The van der Waals surface area contributed by atoms with Crippen molar-refractivity contribution < 1.29 is 14.3 Å². The van der Waals surface area contributed by atoms with Crippen LogP contribution in [0.5, 0.6) is 6.01 Å². The van der Waals surface area contributed by atoms with Crippen LogP contribution in [0.4, 0.5) is 4.79 Å². The number of rotatable bonds is 4. The molecule has 0 spiro atoms. The molecule has 1 unspecified atom stereocenters. The highest BCUT2D eigenvalue weighted by Gasteiger charge is 2.30. The third-order valence-corrected chi connectivity index (χ3v) is 3.71. The Morgan fingerprint density at radius 2 is 2.17 bits per heavy atom. The summed E-state index contributed by atoms with van der Waals surface area (Å²) in [6.07, 6.45) is 5.36. The van der Waals surface area contributed by atoms with Crippen LogP contribution in [0.3, 0.4) is 0 Å². The highest BCUT2D eigenvalue weighted by atomic mass is 16.6. The molecule has 1 aliphatic rings. The average molecular weight is 321 g/mol. The Labute approximate surface area is 138 Å². The molecule has 6 nitrogen and oxygen atoms in total. The lowest BCUT2D eigenvalue weighted by Gasteiger charge is -2.36. The van der Waals surface area contributed by atoms with E-state index < -0.39 is 5.60 Å². The SMILES string of the molecule is Cc1ccnc(OCCC2CCCCN2C(=O)OC(C)(C)C)n1. The standard InChI is InChI=1S/C17H27N3O3/c1-13-8-10-18-15(19-13)22-12-9-14-7-5-6-11-20(14)16(21)23-17(2,3)4/h8,10,14H,5-7,9,11-12H2,1-4H3. The second-order valence-corrected chi connectivity index (χ2v) is 6.94. The van der Waals surface area contributed by atoms with Gasteiger partial charge < -0.3 is 14.4 Å². The Kier molecular flexibility index (Phi) is 5.80. The van der Waals surface area contributed by atoms with Crippen molar-refractivity contribution in [2.75, 3.05) is 13.2 Å². The van der Waals surface area contributed by atoms with Crippen molar-refractivity contribution >= 4 is 6.09 Å². The van der Waals surface area contributed by atoms with Gasteiger partial charge in [0.05, 0.1) is 6.61 Å². The summed E-state index contributed by atoms with van der Waals surface area (Å²) in [5.74, 6) is 0. The van der Waals surface area contributed by atoms with E-state index in [1.807, 2.05) is 38.7 Å². The molecule has 2 rings (SSSR count). The molecule has 1 amide bonds. The smallest absolute Gasteiger partial charge is 0.410 e. The maximum Gasteiger partial charge on any atom is 0.410 e. The molecule has 0 aromatic carbocycles. The topological polar surface area (TPSA) is 64.5 Å². The van der Waals surface area contributed by atoms with Crippen LogP contribution in [0.2, 0.25) is 0 Å². The van der Waals surface area contributed by atoms with E-state index >= 15 is 0 Å². The molecule has 1 aromatic heterocycles. The van der Waals surface area contributed by atoms with Gasteiger partial charge in [-0.2, -0.15) is 0 Å². The van der Waals surface area contributed by atoms with E-state index in [1.54, 1.807) is 6.20 Å². The number of amides is 1. The predicted molar refractivity (Wildman–Crippen MR) is 87.5 cm³/mol. The normalized spacial score (nSPS) is 18.6. The lowest BCUT2D eigenvalue weighted by atomic mass is 10.0. The second kappa shape index (κ2) is 7.62. The van der Waals surface area contributed by atoms with Gasteiger partial charge in [0.1, 0.15) is 5.60 Å². The monoisotopic (exact) mass is 321 g/mol. The van der Waals surface area contributed by atoms with Crippen molar-refractivity contribution in [2.45, 2.75) is 65.0 Å². The van der Waals surface area contributed by atoms with Gasteiger partial charge in [-0.25, -0.2) is 14.8 Å². The third kappa shape index (κ3) is 5.69. The summed E-state index contributed by atoms with van der Waals surface area (Å²) >= 11 is 0. The zero-order chi connectivity index (χ0) is 16.9. The Balaban J connectivity index is 1.87. The summed E-state index contributed by atoms with van der Waals surface area (Å²) in [6.45, 7) is 8.82. The minimum absolute atomic E-state index is 0.156. The van der Waals surface area contributed by atoms with Crippen LogP contribution in [0, 0.1) is 6.92 Å². The van der Waals surface area contributed by atoms with E-state index in [0.717, 1.165) is 37.9 Å². The molecule has 0 saturated carbocycles. The van der Waals surface area contributed by atoms with Crippen molar-refractivity contribution in [3.63, 3.8) is 0 Å². The van der Waals surface area contributed by atoms with Crippen LogP contribution in [-0.4, -0.2) is 45.8 Å². The number of aromatic nitrogens is 2. The fourth-order valence-corrected chi connectivity index (χ4v) is 2.64. The fourth-order valence-electron chi connectivity index (χ4n) is 2.64. The summed E-state index contributed by atoms with van der Waals surface area (Å²) in [5, 5.41) is 0. The molecule has 0 radical (unpaired) electrons. The number of nitrogens with zero attached hydrogens (tertiary/aromatic N) is 3. The van der Waals surface area contributed by atoms with Crippen molar-refractivity contribution in [2.24, 2.45) is 0 Å². The Morgan fingerprint density at radius 1 is 1.39 bits per heavy atom. The molecule has 1 aliphatic heterocycles. The largest absolute Gasteiger partial charge is 0.463 e. The number of likely N-dealkylation sites (tertiary alicyclic amines) is 1. The molecule has 128 valence electrons. The first-order chi connectivity index (χ1) is 10.8. The lowest BCUT2D eigenvalue weighted by molar-refractivity contribution is 0.00732. The summed E-state index contributed by atoms with van der Waals surface area (Å²) in [4.78, 5) is 22.5. The molecule has 23 heavy (non-hydrogen) atoms. The number of carbonyl (C=O) groups is 1. The number of piperidine rings is 1. The van der Waals surface area contributed by atoms with Crippen molar-refractivity contribution in [3.8, 4) is 6.01 Å². The van der Waals surface area contributed by atoms with Crippen LogP contribution in [0.15, 0.2) is 12.3 Å². The molecule has 0 N–H and O–H groups in total. The third-order valence-electron chi connectivity index (χ3n) is 3.71. The molecule has 0 bridgehead atoms. The molecule has 1 saturated heterocycles. The Hall–Kier alpha value is -1.85. The van der Waals surface area contributed by atoms with Gasteiger partial charge in [0, 0.05) is 30.9 Å². The molecule has 0 aliphatic carbocycles. The number of aryl methyl sites for hydroxylation is 1. The number of hydrogen-bond donors (Lipinski definition) is 0. The highest BCUT2D eigenvalue weighted by molar-refractivity contribution is 5.68. The zero-order valence-electron chi connectivity index (χ0n) is 14.5.